The zero-order valence-electron chi connectivity index (χ0n) is 9.59. The lowest BCUT2D eigenvalue weighted by molar-refractivity contribution is 0.112. The number of hydrogen-bond acceptors (Lipinski definition) is 3. The highest BCUT2D eigenvalue weighted by atomic mass is 16.5. The minimum Gasteiger partial charge on any atom is -0.394 e. The predicted octanol–water partition coefficient (Wildman–Crippen LogP) is 1.68. The van der Waals surface area contributed by atoms with Crippen LogP contribution in [-0.2, 0) is 4.74 Å². The Kier molecular flexibility index (Phi) is 8.14. The van der Waals surface area contributed by atoms with Crippen molar-refractivity contribution in [3.8, 4) is 0 Å². The summed E-state index contributed by atoms with van der Waals surface area (Å²) in [5.74, 6) is 0. The number of ether oxygens (including phenoxy) is 1. The molecule has 1 atom stereocenters. The molecule has 3 N–H and O–H groups in total. The molecule has 86 valence electrons. The van der Waals surface area contributed by atoms with Gasteiger partial charge in [0.15, 0.2) is 0 Å². The van der Waals surface area contributed by atoms with E-state index in [1.165, 1.54) is 6.42 Å². The molecule has 1 unspecified atom stereocenters. The largest absolute Gasteiger partial charge is 0.394 e. The van der Waals surface area contributed by atoms with Crippen LogP contribution >= 0.6 is 0 Å². The fraction of sp³-hybridized carbons (Fsp3) is 1.00. The standard InChI is InChI=1S/C11H25NO2/c1-3-5-8-14-9-6-7-11(12,4-2)10-13/h13H,3-10,12H2,1-2H3. The fourth-order valence-corrected chi connectivity index (χ4v) is 1.24. The molecule has 0 saturated heterocycles. The number of rotatable bonds is 9. The van der Waals surface area contributed by atoms with Crippen LogP contribution in [-0.4, -0.2) is 30.5 Å². The maximum absolute atomic E-state index is 9.06. The van der Waals surface area contributed by atoms with Crippen molar-refractivity contribution in [3.05, 3.63) is 0 Å². The maximum Gasteiger partial charge on any atom is 0.0611 e. The van der Waals surface area contributed by atoms with Crippen LogP contribution in [0.2, 0.25) is 0 Å². The molecular weight excluding hydrogens is 178 g/mol. The fourth-order valence-electron chi connectivity index (χ4n) is 1.24. The second-order valence-corrected chi connectivity index (χ2v) is 3.94. The summed E-state index contributed by atoms with van der Waals surface area (Å²) in [6.45, 7) is 5.84. The summed E-state index contributed by atoms with van der Waals surface area (Å²) in [5, 5.41) is 9.06. The third-order valence-corrected chi connectivity index (χ3v) is 2.62. The highest BCUT2D eigenvalue weighted by molar-refractivity contribution is 4.81. The summed E-state index contributed by atoms with van der Waals surface area (Å²) < 4.78 is 5.42. The Morgan fingerprint density at radius 2 is 1.86 bits per heavy atom. The van der Waals surface area contributed by atoms with Crippen molar-refractivity contribution in [3.63, 3.8) is 0 Å². The van der Waals surface area contributed by atoms with Crippen LogP contribution in [0, 0.1) is 0 Å². The first-order valence-corrected chi connectivity index (χ1v) is 5.66. The SMILES string of the molecule is CCCCOCCCC(N)(CC)CO. The lowest BCUT2D eigenvalue weighted by Gasteiger charge is -2.25. The molecule has 0 fully saturated rings. The Bertz CT molecular complexity index is 124. The Morgan fingerprint density at radius 3 is 2.36 bits per heavy atom. The van der Waals surface area contributed by atoms with Crippen molar-refractivity contribution in [1.29, 1.82) is 0 Å². The molecule has 0 saturated carbocycles. The zero-order valence-corrected chi connectivity index (χ0v) is 9.59. The van der Waals surface area contributed by atoms with E-state index in [0.717, 1.165) is 38.9 Å². The van der Waals surface area contributed by atoms with Gasteiger partial charge in [-0.1, -0.05) is 20.3 Å². The Balaban J connectivity index is 3.34. The molecule has 14 heavy (non-hydrogen) atoms. The third-order valence-electron chi connectivity index (χ3n) is 2.62. The van der Waals surface area contributed by atoms with Crippen LogP contribution in [0.25, 0.3) is 0 Å². The topological polar surface area (TPSA) is 55.5 Å². The lowest BCUT2D eigenvalue weighted by atomic mass is 9.93. The van der Waals surface area contributed by atoms with Crippen molar-refractivity contribution in [2.24, 2.45) is 5.73 Å². The molecular formula is C11H25NO2. The van der Waals surface area contributed by atoms with Gasteiger partial charge in [0, 0.05) is 18.8 Å². The number of nitrogens with two attached hydrogens (primary N) is 1. The van der Waals surface area contributed by atoms with Crippen LogP contribution in [0.5, 0.6) is 0 Å². The van der Waals surface area contributed by atoms with Crippen LogP contribution in [0.3, 0.4) is 0 Å². The van der Waals surface area contributed by atoms with E-state index < -0.39 is 5.54 Å². The molecule has 0 heterocycles. The van der Waals surface area contributed by atoms with Gasteiger partial charge in [0.05, 0.1) is 6.61 Å². The van der Waals surface area contributed by atoms with E-state index in [-0.39, 0.29) is 6.61 Å². The Labute approximate surface area is 87.6 Å². The number of unbranched alkanes of at least 4 members (excludes halogenated alkanes) is 1. The number of hydrogen-bond donors (Lipinski definition) is 2. The molecule has 3 nitrogen and oxygen atoms in total. The molecule has 0 radical (unpaired) electrons. The summed E-state index contributed by atoms with van der Waals surface area (Å²) >= 11 is 0. The quantitative estimate of drug-likeness (QED) is 0.561. The van der Waals surface area contributed by atoms with E-state index in [1.54, 1.807) is 0 Å². The number of aliphatic hydroxyl groups is 1. The van der Waals surface area contributed by atoms with Gasteiger partial charge in [0.1, 0.15) is 0 Å². The van der Waals surface area contributed by atoms with E-state index in [1.807, 2.05) is 6.92 Å². The van der Waals surface area contributed by atoms with E-state index in [0.29, 0.717) is 0 Å². The monoisotopic (exact) mass is 203 g/mol. The summed E-state index contributed by atoms with van der Waals surface area (Å²) in [7, 11) is 0. The first-order chi connectivity index (χ1) is 6.68. The molecule has 0 amide bonds. The van der Waals surface area contributed by atoms with Crippen LogP contribution in [0.4, 0.5) is 0 Å². The summed E-state index contributed by atoms with van der Waals surface area (Å²) in [6.07, 6.45) is 4.90. The van der Waals surface area contributed by atoms with Crippen LogP contribution in [0.15, 0.2) is 0 Å². The van der Waals surface area contributed by atoms with Gasteiger partial charge in [-0.2, -0.15) is 0 Å². The van der Waals surface area contributed by atoms with Gasteiger partial charge in [-0.25, -0.2) is 0 Å². The molecule has 0 aromatic heterocycles. The minimum atomic E-state index is -0.395. The molecule has 0 aliphatic rings. The summed E-state index contributed by atoms with van der Waals surface area (Å²) in [4.78, 5) is 0. The third kappa shape index (κ3) is 6.35. The molecule has 0 rings (SSSR count). The average Bonchev–Trinajstić information content (AvgIpc) is 2.23. The first-order valence-electron chi connectivity index (χ1n) is 5.66. The molecule has 0 spiro atoms. The molecule has 3 heteroatoms. The second-order valence-electron chi connectivity index (χ2n) is 3.94. The van der Waals surface area contributed by atoms with E-state index in [4.69, 9.17) is 15.6 Å². The number of aliphatic hydroxyl groups excluding tert-OH is 1. The normalized spacial score (nSPS) is 15.4. The Hall–Kier alpha value is -0.120. The predicted molar refractivity (Wildman–Crippen MR) is 59.3 cm³/mol. The van der Waals surface area contributed by atoms with Gasteiger partial charge in [0.25, 0.3) is 0 Å². The highest BCUT2D eigenvalue weighted by Crippen LogP contribution is 2.13. The highest BCUT2D eigenvalue weighted by Gasteiger charge is 2.20. The van der Waals surface area contributed by atoms with E-state index >= 15 is 0 Å². The molecule has 0 bridgehead atoms. The van der Waals surface area contributed by atoms with Crippen molar-refractivity contribution in [1.82, 2.24) is 0 Å². The summed E-state index contributed by atoms with van der Waals surface area (Å²) in [6, 6.07) is 0. The van der Waals surface area contributed by atoms with Crippen molar-refractivity contribution in [2.45, 2.75) is 51.5 Å². The van der Waals surface area contributed by atoms with Crippen molar-refractivity contribution in [2.75, 3.05) is 19.8 Å². The van der Waals surface area contributed by atoms with Gasteiger partial charge in [-0.05, 0) is 25.7 Å². The van der Waals surface area contributed by atoms with E-state index in [9.17, 15) is 0 Å². The maximum atomic E-state index is 9.06. The Morgan fingerprint density at radius 1 is 1.21 bits per heavy atom. The molecule has 0 aliphatic heterocycles. The van der Waals surface area contributed by atoms with Crippen LogP contribution < -0.4 is 5.73 Å². The van der Waals surface area contributed by atoms with E-state index in [2.05, 4.69) is 6.92 Å². The van der Waals surface area contributed by atoms with Crippen molar-refractivity contribution < 1.29 is 9.84 Å². The van der Waals surface area contributed by atoms with Gasteiger partial charge < -0.3 is 15.6 Å². The molecule has 0 aromatic carbocycles. The zero-order chi connectivity index (χ0) is 10.9. The molecule has 0 aliphatic carbocycles. The smallest absolute Gasteiger partial charge is 0.0611 e. The van der Waals surface area contributed by atoms with Gasteiger partial charge in [0.2, 0.25) is 0 Å². The van der Waals surface area contributed by atoms with Crippen molar-refractivity contribution >= 4 is 0 Å². The second kappa shape index (κ2) is 8.21. The van der Waals surface area contributed by atoms with Gasteiger partial charge in [-0.15, -0.1) is 0 Å². The minimum absolute atomic E-state index is 0.0679. The first kappa shape index (κ1) is 13.9. The summed E-state index contributed by atoms with van der Waals surface area (Å²) in [5.41, 5.74) is 5.54. The van der Waals surface area contributed by atoms with Gasteiger partial charge >= 0.3 is 0 Å². The average molecular weight is 203 g/mol. The molecule has 0 aromatic rings. The van der Waals surface area contributed by atoms with Gasteiger partial charge in [-0.3, -0.25) is 0 Å². The lowest BCUT2D eigenvalue weighted by Crippen LogP contribution is -2.43. The van der Waals surface area contributed by atoms with Crippen LogP contribution in [0.1, 0.15) is 46.0 Å².